The molecule has 8 heteroatoms. The molecule has 156 valence electrons. The number of aromatic nitrogens is 4. The molecule has 0 aliphatic carbocycles. The fourth-order valence-corrected chi connectivity index (χ4v) is 4.16. The maximum Gasteiger partial charge on any atom is 0.159 e. The maximum atomic E-state index is 13.5. The number of H-pyrrole nitrogens is 2. The fourth-order valence-electron chi connectivity index (χ4n) is 4.16. The number of nitrogens with zero attached hydrogens (tertiary/aromatic N) is 4. The standard InChI is InChI=1S/C22H25FN6O/c1-13-12-30-16(10-28(2)3)11-29(13)15-5-7-18-20(9-15)25-22(24-18)21-17-6-4-14(23)8-19(17)26-27-21/h4-9,13,16H,10-12H2,1-3H3,(H,24,25)(H,26,27). The van der Waals surface area contributed by atoms with Crippen molar-refractivity contribution in [3.05, 3.63) is 42.2 Å². The Morgan fingerprint density at radius 3 is 2.90 bits per heavy atom. The lowest BCUT2D eigenvalue weighted by Gasteiger charge is -2.40. The number of likely N-dealkylation sites (N-methyl/N-ethyl adjacent to an activating group) is 1. The van der Waals surface area contributed by atoms with Gasteiger partial charge in [0.05, 0.1) is 29.3 Å². The first-order chi connectivity index (χ1) is 14.5. The van der Waals surface area contributed by atoms with Crippen molar-refractivity contribution >= 4 is 27.6 Å². The summed E-state index contributed by atoms with van der Waals surface area (Å²) in [5.74, 6) is 0.375. The minimum atomic E-state index is -0.292. The molecule has 2 aromatic heterocycles. The van der Waals surface area contributed by atoms with E-state index in [-0.39, 0.29) is 11.9 Å². The van der Waals surface area contributed by atoms with Crippen LogP contribution in [0.15, 0.2) is 36.4 Å². The molecule has 2 N–H and O–H groups in total. The van der Waals surface area contributed by atoms with Crippen molar-refractivity contribution in [3.8, 4) is 11.5 Å². The van der Waals surface area contributed by atoms with Crippen molar-refractivity contribution < 1.29 is 9.13 Å². The van der Waals surface area contributed by atoms with E-state index < -0.39 is 0 Å². The number of morpholine rings is 1. The van der Waals surface area contributed by atoms with Crippen LogP contribution in [-0.4, -0.2) is 71.0 Å². The van der Waals surface area contributed by atoms with Crippen molar-refractivity contribution in [1.82, 2.24) is 25.1 Å². The van der Waals surface area contributed by atoms with Crippen molar-refractivity contribution in [2.75, 3.05) is 38.7 Å². The number of benzene rings is 2. The smallest absolute Gasteiger partial charge is 0.159 e. The Morgan fingerprint density at radius 1 is 1.20 bits per heavy atom. The number of imidazole rings is 1. The number of nitrogens with one attached hydrogen (secondary N) is 2. The molecule has 1 fully saturated rings. The van der Waals surface area contributed by atoms with Gasteiger partial charge in [-0.1, -0.05) is 0 Å². The molecule has 30 heavy (non-hydrogen) atoms. The minimum absolute atomic E-state index is 0.181. The molecule has 0 bridgehead atoms. The number of rotatable bonds is 4. The van der Waals surface area contributed by atoms with E-state index >= 15 is 0 Å². The third kappa shape index (κ3) is 3.42. The zero-order valence-electron chi connectivity index (χ0n) is 17.3. The van der Waals surface area contributed by atoms with E-state index in [1.54, 1.807) is 6.07 Å². The van der Waals surface area contributed by atoms with E-state index in [4.69, 9.17) is 9.72 Å². The van der Waals surface area contributed by atoms with Crippen molar-refractivity contribution in [3.63, 3.8) is 0 Å². The zero-order chi connectivity index (χ0) is 20.8. The number of hydrogen-bond acceptors (Lipinski definition) is 5. The summed E-state index contributed by atoms with van der Waals surface area (Å²) in [5.41, 5.74) is 4.31. The van der Waals surface area contributed by atoms with Gasteiger partial charge in [-0.25, -0.2) is 9.37 Å². The van der Waals surface area contributed by atoms with Crippen LogP contribution in [-0.2, 0) is 4.74 Å². The van der Waals surface area contributed by atoms with Crippen molar-refractivity contribution in [2.45, 2.75) is 19.1 Å². The Balaban J connectivity index is 1.48. The van der Waals surface area contributed by atoms with Gasteiger partial charge in [0, 0.05) is 30.2 Å². The largest absolute Gasteiger partial charge is 0.373 e. The summed E-state index contributed by atoms with van der Waals surface area (Å²) >= 11 is 0. The maximum absolute atomic E-state index is 13.5. The molecule has 2 unspecified atom stereocenters. The highest BCUT2D eigenvalue weighted by Gasteiger charge is 2.27. The summed E-state index contributed by atoms with van der Waals surface area (Å²) in [6.45, 7) is 4.64. The van der Waals surface area contributed by atoms with Gasteiger partial charge in [0.2, 0.25) is 0 Å². The Labute approximate surface area is 173 Å². The van der Waals surface area contributed by atoms with Crippen LogP contribution in [0.5, 0.6) is 0 Å². The normalized spacial score (nSPS) is 20.0. The Bertz CT molecular complexity index is 1200. The predicted molar refractivity (Wildman–Crippen MR) is 116 cm³/mol. The van der Waals surface area contributed by atoms with E-state index in [0.29, 0.717) is 29.7 Å². The molecule has 2 atom stereocenters. The van der Waals surface area contributed by atoms with Gasteiger partial charge in [0.15, 0.2) is 5.82 Å². The van der Waals surface area contributed by atoms with Gasteiger partial charge >= 0.3 is 0 Å². The molecule has 4 aromatic rings. The molecule has 2 aromatic carbocycles. The molecule has 5 rings (SSSR count). The summed E-state index contributed by atoms with van der Waals surface area (Å²) in [5, 5.41) is 8.07. The lowest BCUT2D eigenvalue weighted by Crippen LogP contribution is -2.51. The van der Waals surface area contributed by atoms with E-state index in [1.807, 2.05) is 6.07 Å². The Morgan fingerprint density at radius 2 is 2.07 bits per heavy atom. The van der Waals surface area contributed by atoms with Crippen LogP contribution in [0.3, 0.4) is 0 Å². The number of hydrogen-bond donors (Lipinski definition) is 2. The Hall–Kier alpha value is -2.97. The second kappa shape index (κ2) is 7.37. The monoisotopic (exact) mass is 408 g/mol. The Kier molecular flexibility index (Phi) is 4.67. The zero-order valence-corrected chi connectivity index (χ0v) is 17.3. The minimum Gasteiger partial charge on any atom is -0.373 e. The van der Waals surface area contributed by atoms with Gasteiger partial charge < -0.3 is 19.5 Å². The second-order valence-corrected chi connectivity index (χ2v) is 8.27. The molecule has 0 spiro atoms. The number of aromatic amines is 2. The highest BCUT2D eigenvalue weighted by molar-refractivity contribution is 5.93. The molecule has 0 radical (unpaired) electrons. The summed E-state index contributed by atoms with van der Waals surface area (Å²) < 4.78 is 19.5. The van der Waals surface area contributed by atoms with Crippen LogP contribution in [0, 0.1) is 5.82 Å². The first-order valence-electron chi connectivity index (χ1n) is 10.1. The third-order valence-electron chi connectivity index (χ3n) is 5.62. The first-order valence-corrected chi connectivity index (χ1v) is 10.1. The first kappa shape index (κ1) is 19.0. The van der Waals surface area contributed by atoms with E-state index in [0.717, 1.165) is 35.2 Å². The summed E-state index contributed by atoms with van der Waals surface area (Å²) in [6.07, 6.45) is 0.181. The van der Waals surface area contributed by atoms with Crippen LogP contribution >= 0.6 is 0 Å². The lowest BCUT2D eigenvalue weighted by molar-refractivity contribution is 0.00880. The van der Waals surface area contributed by atoms with Crippen LogP contribution in [0.25, 0.3) is 33.5 Å². The van der Waals surface area contributed by atoms with E-state index in [2.05, 4.69) is 58.1 Å². The quantitative estimate of drug-likeness (QED) is 0.542. The topological polar surface area (TPSA) is 73.1 Å². The molecular formula is C22H25FN6O. The molecule has 3 heterocycles. The highest BCUT2D eigenvalue weighted by Crippen LogP contribution is 2.29. The van der Waals surface area contributed by atoms with Gasteiger partial charge in [-0.3, -0.25) is 5.10 Å². The van der Waals surface area contributed by atoms with Crippen molar-refractivity contribution in [1.29, 1.82) is 0 Å². The highest BCUT2D eigenvalue weighted by atomic mass is 19.1. The summed E-state index contributed by atoms with van der Waals surface area (Å²) in [6, 6.07) is 11.2. The predicted octanol–water partition coefficient (Wildman–Crippen LogP) is 3.40. The van der Waals surface area contributed by atoms with Gasteiger partial charge in [0.25, 0.3) is 0 Å². The third-order valence-corrected chi connectivity index (χ3v) is 5.62. The van der Waals surface area contributed by atoms with Gasteiger partial charge in [-0.2, -0.15) is 5.10 Å². The summed E-state index contributed by atoms with van der Waals surface area (Å²) in [4.78, 5) is 12.6. The molecular weight excluding hydrogens is 383 g/mol. The van der Waals surface area contributed by atoms with Crippen LogP contribution in [0.1, 0.15) is 6.92 Å². The van der Waals surface area contributed by atoms with Crippen LogP contribution in [0.4, 0.5) is 10.1 Å². The average molecular weight is 408 g/mol. The van der Waals surface area contributed by atoms with Crippen LogP contribution in [0.2, 0.25) is 0 Å². The molecule has 0 amide bonds. The number of ether oxygens (including phenoxy) is 1. The fraction of sp³-hybridized carbons (Fsp3) is 0.364. The van der Waals surface area contributed by atoms with Gasteiger partial charge in [-0.05, 0) is 57.4 Å². The van der Waals surface area contributed by atoms with Gasteiger partial charge in [-0.15, -0.1) is 0 Å². The SMILES string of the molecule is CC1COC(CN(C)C)CN1c1ccc2nc(-c3n[nH]c4cc(F)ccc34)[nH]c2c1. The number of anilines is 1. The van der Waals surface area contributed by atoms with E-state index in [9.17, 15) is 4.39 Å². The number of fused-ring (bicyclic) bond motifs is 2. The summed E-state index contributed by atoms with van der Waals surface area (Å²) in [7, 11) is 4.13. The number of halogens is 1. The van der Waals surface area contributed by atoms with E-state index in [1.165, 1.54) is 12.1 Å². The lowest BCUT2D eigenvalue weighted by atomic mass is 10.1. The molecule has 1 aliphatic heterocycles. The van der Waals surface area contributed by atoms with Gasteiger partial charge in [0.1, 0.15) is 11.5 Å². The molecule has 1 aliphatic rings. The molecule has 0 saturated carbocycles. The average Bonchev–Trinajstić information content (AvgIpc) is 3.31. The molecule has 1 saturated heterocycles. The molecule has 7 nitrogen and oxygen atoms in total. The van der Waals surface area contributed by atoms with Crippen molar-refractivity contribution in [2.24, 2.45) is 0 Å². The second-order valence-electron chi connectivity index (χ2n) is 8.27. The van der Waals surface area contributed by atoms with Crippen LogP contribution < -0.4 is 4.90 Å².